The molecule has 3 N–H and O–H groups in total. The fourth-order valence-electron chi connectivity index (χ4n) is 2.82. The zero-order valence-electron chi connectivity index (χ0n) is 14.8. The van der Waals surface area contributed by atoms with Crippen molar-refractivity contribution in [2.75, 3.05) is 31.4 Å². The van der Waals surface area contributed by atoms with E-state index in [0.29, 0.717) is 28.5 Å². The molecule has 1 fully saturated rings. The molecule has 0 aliphatic carbocycles. The van der Waals surface area contributed by atoms with E-state index in [0.717, 1.165) is 11.8 Å². The fourth-order valence-corrected chi connectivity index (χ4v) is 3.55. The van der Waals surface area contributed by atoms with Crippen molar-refractivity contribution in [3.05, 3.63) is 41.2 Å². The number of aliphatic hydroxyl groups is 1. The molecule has 144 valence electrons. The first-order chi connectivity index (χ1) is 13.6. The second-order valence-electron chi connectivity index (χ2n) is 5.95. The van der Waals surface area contributed by atoms with Gasteiger partial charge in [0, 0.05) is 11.3 Å². The predicted molar refractivity (Wildman–Crippen MR) is 103 cm³/mol. The molecule has 0 bridgehead atoms. The second kappa shape index (κ2) is 8.89. The number of nitrogens with zero attached hydrogens (tertiary/aromatic N) is 3. The maximum atomic E-state index is 12.6. The number of nitrogen functional groups attached to an aromatic ring is 1. The Morgan fingerprint density at radius 2 is 2.18 bits per heavy atom. The SMILES string of the molecule is [C-]#[N+]c1c(N)nc(SCCF)c(C#N)c1-c1ccc(O[C@H]2COC[C@@H]2O)cc1. The summed E-state index contributed by atoms with van der Waals surface area (Å²) in [5, 5.41) is 19.7. The number of alkyl halides is 1. The van der Waals surface area contributed by atoms with Gasteiger partial charge in [-0.3, -0.25) is 4.39 Å². The number of nitrogens with two attached hydrogens (primary N) is 1. The number of hydrogen-bond acceptors (Lipinski definition) is 7. The smallest absolute Gasteiger partial charge is 0.236 e. The Bertz CT molecular complexity index is 940. The molecule has 0 spiro atoms. The fraction of sp³-hybridized carbons (Fsp3) is 0.316. The molecule has 1 aromatic heterocycles. The number of thioether (sulfide) groups is 1. The lowest BCUT2D eigenvalue weighted by Crippen LogP contribution is -2.29. The minimum absolute atomic E-state index is 0.00286. The van der Waals surface area contributed by atoms with Crippen LogP contribution in [0.4, 0.5) is 15.9 Å². The highest BCUT2D eigenvalue weighted by Crippen LogP contribution is 2.41. The Hall–Kier alpha value is -2.85. The van der Waals surface area contributed by atoms with Crippen LogP contribution in [-0.4, -0.2) is 47.9 Å². The highest BCUT2D eigenvalue weighted by molar-refractivity contribution is 7.99. The van der Waals surface area contributed by atoms with E-state index in [1.807, 2.05) is 0 Å². The molecular formula is C19H17FN4O3S. The van der Waals surface area contributed by atoms with Crippen LogP contribution in [0.5, 0.6) is 5.75 Å². The number of aliphatic hydroxyl groups excluding tert-OH is 1. The lowest BCUT2D eigenvalue weighted by Gasteiger charge is -2.16. The molecule has 1 aliphatic rings. The summed E-state index contributed by atoms with van der Waals surface area (Å²) in [5.41, 5.74) is 7.13. The number of aromatic nitrogens is 1. The van der Waals surface area contributed by atoms with Gasteiger partial charge in [0.25, 0.3) is 0 Å². The first-order valence-corrected chi connectivity index (χ1v) is 9.40. The van der Waals surface area contributed by atoms with Crippen LogP contribution in [0.2, 0.25) is 0 Å². The molecular weight excluding hydrogens is 383 g/mol. The number of ether oxygens (including phenoxy) is 2. The summed E-state index contributed by atoms with van der Waals surface area (Å²) < 4.78 is 23.4. The lowest BCUT2D eigenvalue weighted by molar-refractivity contribution is 0.0733. The number of rotatable bonds is 6. The Kier molecular flexibility index (Phi) is 6.32. The van der Waals surface area contributed by atoms with E-state index in [9.17, 15) is 14.8 Å². The van der Waals surface area contributed by atoms with Gasteiger partial charge in [-0.05, 0) is 17.7 Å². The van der Waals surface area contributed by atoms with Crippen molar-refractivity contribution in [1.82, 2.24) is 4.98 Å². The summed E-state index contributed by atoms with van der Waals surface area (Å²) in [5.74, 6) is 0.656. The summed E-state index contributed by atoms with van der Waals surface area (Å²) in [7, 11) is 0. The number of hydrogen-bond donors (Lipinski definition) is 2. The van der Waals surface area contributed by atoms with Crippen LogP contribution >= 0.6 is 11.8 Å². The number of pyridine rings is 1. The van der Waals surface area contributed by atoms with Crippen LogP contribution in [0, 0.1) is 17.9 Å². The van der Waals surface area contributed by atoms with Crippen molar-refractivity contribution in [3.8, 4) is 22.9 Å². The summed E-state index contributed by atoms with van der Waals surface area (Å²) in [4.78, 5) is 7.54. The van der Waals surface area contributed by atoms with E-state index < -0.39 is 18.9 Å². The van der Waals surface area contributed by atoms with Crippen molar-refractivity contribution in [1.29, 1.82) is 5.26 Å². The number of halogens is 1. The molecule has 0 amide bonds. The number of benzene rings is 1. The molecule has 28 heavy (non-hydrogen) atoms. The standard InChI is InChI=1S/C19H17FN4O3S/c1-23-17-16(13(8-21)19(24-18(17)22)28-7-6-20)11-2-4-12(5-3-11)27-15-10-26-9-14(15)25/h2-5,14-15,25H,6-7,9-10H2,(H2,22,24)/t14-,15-/m0/s1. The van der Waals surface area contributed by atoms with Crippen molar-refractivity contribution in [2.24, 2.45) is 0 Å². The van der Waals surface area contributed by atoms with E-state index in [1.165, 1.54) is 0 Å². The third-order valence-corrected chi connectivity index (χ3v) is 5.06. The zero-order chi connectivity index (χ0) is 20.1. The Morgan fingerprint density at radius 3 is 2.75 bits per heavy atom. The van der Waals surface area contributed by atoms with E-state index in [2.05, 4.69) is 15.9 Å². The van der Waals surface area contributed by atoms with Gasteiger partial charge in [0.05, 0.1) is 32.0 Å². The first-order valence-electron chi connectivity index (χ1n) is 8.41. The van der Waals surface area contributed by atoms with Crippen molar-refractivity contribution < 1.29 is 19.0 Å². The van der Waals surface area contributed by atoms with Crippen molar-refractivity contribution in [2.45, 2.75) is 17.2 Å². The zero-order valence-corrected chi connectivity index (χ0v) is 15.6. The normalized spacial score (nSPS) is 18.4. The van der Waals surface area contributed by atoms with Gasteiger partial charge in [0.15, 0.2) is 0 Å². The second-order valence-corrected chi connectivity index (χ2v) is 7.03. The maximum Gasteiger partial charge on any atom is 0.236 e. The molecule has 2 heterocycles. The van der Waals surface area contributed by atoms with Gasteiger partial charge in [-0.2, -0.15) is 5.26 Å². The highest BCUT2D eigenvalue weighted by atomic mass is 32.2. The summed E-state index contributed by atoms with van der Waals surface area (Å²) >= 11 is 1.08. The lowest BCUT2D eigenvalue weighted by atomic mass is 10.00. The summed E-state index contributed by atoms with van der Waals surface area (Å²) in [6.07, 6.45) is -1.13. The van der Waals surface area contributed by atoms with E-state index >= 15 is 0 Å². The summed E-state index contributed by atoms with van der Waals surface area (Å²) in [6, 6.07) is 8.83. The molecule has 1 saturated heterocycles. The molecule has 2 atom stereocenters. The molecule has 3 rings (SSSR count). The average Bonchev–Trinajstić information content (AvgIpc) is 3.11. The minimum atomic E-state index is -0.686. The average molecular weight is 400 g/mol. The third kappa shape index (κ3) is 4.02. The largest absolute Gasteiger partial charge is 0.485 e. The molecule has 7 nitrogen and oxygen atoms in total. The molecule has 1 aromatic carbocycles. The number of nitriles is 1. The van der Waals surface area contributed by atoms with Crippen LogP contribution in [0.3, 0.4) is 0 Å². The van der Waals surface area contributed by atoms with Gasteiger partial charge in [0.1, 0.15) is 34.9 Å². The van der Waals surface area contributed by atoms with Gasteiger partial charge in [0.2, 0.25) is 5.69 Å². The van der Waals surface area contributed by atoms with E-state index in [-0.39, 0.29) is 29.4 Å². The first kappa shape index (κ1) is 19.9. The molecule has 0 radical (unpaired) electrons. The Balaban J connectivity index is 1.98. The van der Waals surface area contributed by atoms with Crippen LogP contribution in [0.15, 0.2) is 29.3 Å². The third-order valence-electron chi connectivity index (χ3n) is 4.14. The Labute approximate surface area is 165 Å². The van der Waals surface area contributed by atoms with Gasteiger partial charge < -0.3 is 20.3 Å². The maximum absolute atomic E-state index is 12.6. The highest BCUT2D eigenvalue weighted by Gasteiger charge is 2.28. The molecule has 1 aliphatic heterocycles. The van der Waals surface area contributed by atoms with Crippen molar-refractivity contribution >= 4 is 23.3 Å². The van der Waals surface area contributed by atoms with Gasteiger partial charge in [-0.1, -0.05) is 12.1 Å². The monoisotopic (exact) mass is 400 g/mol. The number of anilines is 1. The predicted octanol–water partition coefficient (Wildman–Crippen LogP) is 2.95. The van der Waals surface area contributed by atoms with Crippen LogP contribution in [-0.2, 0) is 4.74 Å². The quantitative estimate of drug-likeness (QED) is 0.567. The molecule has 2 aromatic rings. The van der Waals surface area contributed by atoms with Gasteiger partial charge in [-0.25, -0.2) is 9.83 Å². The van der Waals surface area contributed by atoms with Crippen LogP contribution < -0.4 is 10.5 Å². The van der Waals surface area contributed by atoms with E-state index in [1.54, 1.807) is 24.3 Å². The van der Waals surface area contributed by atoms with Crippen LogP contribution in [0.1, 0.15) is 5.56 Å². The van der Waals surface area contributed by atoms with Gasteiger partial charge in [-0.15, -0.1) is 11.8 Å². The molecule has 0 saturated carbocycles. The van der Waals surface area contributed by atoms with Gasteiger partial charge >= 0.3 is 0 Å². The minimum Gasteiger partial charge on any atom is -0.485 e. The van der Waals surface area contributed by atoms with E-state index in [4.69, 9.17) is 21.8 Å². The summed E-state index contributed by atoms with van der Waals surface area (Å²) in [6.45, 7) is 7.40. The van der Waals surface area contributed by atoms with Crippen LogP contribution in [0.25, 0.3) is 16.0 Å². The topological polar surface area (TPSA) is 106 Å². The molecule has 0 unspecified atom stereocenters. The Morgan fingerprint density at radius 1 is 1.43 bits per heavy atom. The molecule has 9 heteroatoms. The van der Waals surface area contributed by atoms with Crippen molar-refractivity contribution in [3.63, 3.8) is 0 Å².